The van der Waals surface area contributed by atoms with E-state index >= 15 is 0 Å². The number of hydrogen-bond acceptors (Lipinski definition) is 3. The van der Waals surface area contributed by atoms with E-state index in [1.165, 1.54) is 12.1 Å². The minimum Gasteiger partial charge on any atom is -0.456 e. The van der Waals surface area contributed by atoms with Crippen molar-refractivity contribution in [3.8, 4) is 0 Å². The second-order valence-corrected chi connectivity index (χ2v) is 5.33. The number of benzene rings is 1. The van der Waals surface area contributed by atoms with Gasteiger partial charge in [-0.1, -0.05) is 23.7 Å². The molecule has 0 bridgehead atoms. The number of halogens is 2. The van der Waals surface area contributed by atoms with Gasteiger partial charge in [0.25, 0.3) is 0 Å². The van der Waals surface area contributed by atoms with Crippen LogP contribution in [0.3, 0.4) is 0 Å². The van der Waals surface area contributed by atoms with Crippen LogP contribution in [0.2, 0.25) is 5.02 Å². The number of carbonyl (C=O) groups excluding carboxylic acids is 1. The Morgan fingerprint density at radius 1 is 1.48 bits per heavy atom. The van der Waals surface area contributed by atoms with Gasteiger partial charge in [-0.05, 0) is 26.0 Å². The molecule has 0 saturated heterocycles. The second kappa shape index (κ2) is 6.18. The topological polar surface area (TPSA) is 57.2 Å². The van der Waals surface area contributed by atoms with E-state index in [2.05, 4.69) is 0 Å². The van der Waals surface area contributed by atoms with Crippen molar-refractivity contribution in [1.29, 1.82) is 0 Å². The van der Waals surface area contributed by atoms with Gasteiger partial charge in [-0.15, -0.1) is 0 Å². The first kappa shape index (κ1) is 15.4. The molecule has 2 rings (SSSR count). The summed E-state index contributed by atoms with van der Waals surface area (Å²) in [5.74, 6) is -1.07. The Hall–Kier alpha value is -2.01. The van der Waals surface area contributed by atoms with E-state index in [1.807, 2.05) is 13.8 Å². The molecule has 0 atom stereocenters. The van der Waals surface area contributed by atoms with Gasteiger partial charge in [0.15, 0.2) is 0 Å². The molecule has 0 fully saturated rings. The molecule has 21 heavy (non-hydrogen) atoms. The zero-order chi connectivity index (χ0) is 15.6. The number of anilines is 1. The number of esters is 1. The smallest absolute Gasteiger partial charge is 0.355 e. The average molecular weight is 311 g/mol. The van der Waals surface area contributed by atoms with Crippen molar-refractivity contribution in [2.24, 2.45) is 0 Å². The Morgan fingerprint density at radius 3 is 2.86 bits per heavy atom. The van der Waals surface area contributed by atoms with Crippen LogP contribution in [-0.4, -0.2) is 10.5 Å². The average Bonchev–Trinajstić information content (AvgIpc) is 2.82. The number of carbonyl (C=O) groups is 1. The predicted molar refractivity (Wildman–Crippen MR) is 79.8 cm³/mol. The van der Waals surface area contributed by atoms with Crippen LogP contribution >= 0.6 is 11.6 Å². The summed E-state index contributed by atoms with van der Waals surface area (Å²) in [5.41, 5.74) is 6.97. The van der Waals surface area contributed by atoms with Crippen LogP contribution in [0, 0.1) is 5.82 Å². The summed E-state index contributed by atoms with van der Waals surface area (Å²) in [7, 11) is 0. The van der Waals surface area contributed by atoms with E-state index in [0.717, 1.165) is 0 Å². The molecule has 112 valence electrons. The lowest BCUT2D eigenvalue weighted by Gasteiger charge is -2.12. The summed E-state index contributed by atoms with van der Waals surface area (Å²) in [5, 5.41) is -0.0379. The van der Waals surface area contributed by atoms with Gasteiger partial charge in [0, 0.05) is 17.8 Å². The lowest BCUT2D eigenvalue weighted by atomic mass is 10.2. The monoisotopic (exact) mass is 310 g/mol. The number of ether oxygens (including phenoxy) is 1. The standard InChI is InChI=1S/C15H16ClFN2O2/c1-9(2)19-7-11(18)6-13(19)15(20)21-8-10-4-3-5-12(17)14(10)16/h3-7,9H,8,18H2,1-2H3. The highest BCUT2D eigenvalue weighted by Crippen LogP contribution is 2.22. The minimum absolute atomic E-state index is 0.0379. The van der Waals surface area contributed by atoms with Gasteiger partial charge in [-0.2, -0.15) is 0 Å². The van der Waals surface area contributed by atoms with Crippen molar-refractivity contribution in [3.63, 3.8) is 0 Å². The number of nitrogen functional groups attached to an aromatic ring is 1. The quantitative estimate of drug-likeness (QED) is 0.874. The number of hydrogen-bond donors (Lipinski definition) is 1. The van der Waals surface area contributed by atoms with Crippen LogP contribution in [0.1, 0.15) is 35.9 Å². The molecule has 0 amide bonds. The van der Waals surface area contributed by atoms with Crippen LogP contribution in [0.4, 0.5) is 10.1 Å². The Labute approximate surface area is 127 Å². The summed E-state index contributed by atoms with van der Waals surface area (Å²) in [6, 6.07) is 5.99. The highest BCUT2D eigenvalue weighted by Gasteiger charge is 2.17. The van der Waals surface area contributed by atoms with Crippen LogP contribution in [0.25, 0.3) is 0 Å². The Balaban J connectivity index is 2.14. The molecule has 0 aliphatic rings. The first-order valence-electron chi connectivity index (χ1n) is 6.47. The molecule has 0 radical (unpaired) electrons. The third-order valence-corrected chi connectivity index (χ3v) is 3.45. The van der Waals surface area contributed by atoms with Crippen molar-refractivity contribution in [1.82, 2.24) is 4.57 Å². The van der Waals surface area contributed by atoms with Gasteiger partial charge in [0.05, 0.1) is 10.7 Å². The molecule has 0 spiro atoms. The van der Waals surface area contributed by atoms with Gasteiger partial charge < -0.3 is 15.0 Å². The van der Waals surface area contributed by atoms with Gasteiger partial charge >= 0.3 is 5.97 Å². The molecule has 1 aromatic heterocycles. The molecule has 1 heterocycles. The third-order valence-electron chi connectivity index (χ3n) is 3.03. The van der Waals surface area contributed by atoms with Crippen molar-refractivity contribution in [3.05, 3.63) is 52.6 Å². The normalized spacial score (nSPS) is 10.9. The van der Waals surface area contributed by atoms with E-state index < -0.39 is 11.8 Å². The highest BCUT2D eigenvalue weighted by molar-refractivity contribution is 6.31. The predicted octanol–water partition coefficient (Wildman–Crippen LogP) is 3.80. The Kier molecular flexibility index (Phi) is 4.53. The maximum absolute atomic E-state index is 13.3. The molecule has 1 aromatic carbocycles. The van der Waals surface area contributed by atoms with Crippen molar-refractivity contribution in [2.75, 3.05) is 5.73 Å². The zero-order valence-corrected chi connectivity index (χ0v) is 12.5. The van der Waals surface area contributed by atoms with E-state index in [1.54, 1.807) is 22.9 Å². The molecule has 0 aliphatic carbocycles. The maximum atomic E-state index is 13.3. The summed E-state index contributed by atoms with van der Waals surface area (Å²) >= 11 is 5.82. The Bertz CT molecular complexity index is 668. The summed E-state index contributed by atoms with van der Waals surface area (Å²) in [6.07, 6.45) is 1.68. The highest BCUT2D eigenvalue weighted by atomic mass is 35.5. The fraction of sp³-hybridized carbons (Fsp3) is 0.267. The molecular formula is C15H16ClFN2O2. The molecule has 0 saturated carbocycles. The van der Waals surface area contributed by atoms with Crippen LogP contribution < -0.4 is 5.73 Å². The molecule has 0 aliphatic heterocycles. The SMILES string of the molecule is CC(C)n1cc(N)cc1C(=O)OCc1cccc(F)c1Cl. The summed E-state index contributed by atoms with van der Waals surface area (Å²) in [4.78, 5) is 12.1. The van der Waals surface area contributed by atoms with Crippen molar-refractivity contribution >= 4 is 23.3 Å². The van der Waals surface area contributed by atoms with Crippen LogP contribution in [-0.2, 0) is 11.3 Å². The van der Waals surface area contributed by atoms with Crippen molar-refractivity contribution in [2.45, 2.75) is 26.5 Å². The number of rotatable bonds is 4. The van der Waals surface area contributed by atoms with Gasteiger partial charge in [0.1, 0.15) is 18.1 Å². The molecule has 6 heteroatoms. The largest absolute Gasteiger partial charge is 0.456 e. The molecular weight excluding hydrogens is 295 g/mol. The van der Waals surface area contributed by atoms with Gasteiger partial charge in [-0.25, -0.2) is 9.18 Å². The van der Waals surface area contributed by atoms with Crippen LogP contribution in [0.5, 0.6) is 0 Å². The van der Waals surface area contributed by atoms with Crippen LogP contribution in [0.15, 0.2) is 30.5 Å². The number of nitrogens with two attached hydrogens (primary N) is 1. The molecule has 4 nitrogen and oxygen atoms in total. The number of aromatic nitrogens is 1. The minimum atomic E-state index is -0.542. The lowest BCUT2D eigenvalue weighted by molar-refractivity contribution is 0.0458. The van der Waals surface area contributed by atoms with E-state index in [4.69, 9.17) is 22.1 Å². The lowest BCUT2D eigenvalue weighted by Crippen LogP contribution is -2.13. The van der Waals surface area contributed by atoms with E-state index in [0.29, 0.717) is 16.9 Å². The second-order valence-electron chi connectivity index (χ2n) is 4.95. The van der Waals surface area contributed by atoms with E-state index in [9.17, 15) is 9.18 Å². The van der Waals surface area contributed by atoms with E-state index in [-0.39, 0.29) is 17.7 Å². The maximum Gasteiger partial charge on any atom is 0.355 e. The molecule has 0 unspecified atom stereocenters. The Morgan fingerprint density at radius 2 is 2.19 bits per heavy atom. The first-order valence-corrected chi connectivity index (χ1v) is 6.85. The van der Waals surface area contributed by atoms with Crippen molar-refractivity contribution < 1.29 is 13.9 Å². The van der Waals surface area contributed by atoms with Gasteiger partial charge in [-0.3, -0.25) is 0 Å². The third kappa shape index (κ3) is 3.36. The zero-order valence-electron chi connectivity index (χ0n) is 11.8. The molecule has 2 N–H and O–H groups in total. The summed E-state index contributed by atoms with van der Waals surface area (Å²) in [6.45, 7) is 3.76. The molecule has 2 aromatic rings. The fourth-order valence-corrected chi connectivity index (χ4v) is 2.15. The first-order chi connectivity index (χ1) is 9.90. The van der Waals surface area contributed by atoms with Gasteiger partial charge in [0.2, 0.25) is 0 Å². The fourth-order valence-electron chi connectivity index (χ4n) is 1.97. The summed E-state index contributed by atoms with van der Waals surface area (Å²) < 4.78 is 20.2. The number of nitrogens with zero attached hydrogens (tertiary/aromatic N) is 1.